The third-order valence-electron chi connectivity index (χ3n) is 3.75. The number of aliphatic hydroxyl groups is 1. The first-order chi connectivity index (χ1) is 9.59. The highest BCUT2D eigenvalue weighted by Gasteiger charge is 2.27. The minimum atomic E-state index is -1.03. The summed E-state index contributed by atoms with van der Waals surface area (Å²) in [6, 6.07) is 17.8. The number of fused-ring (bicyclic) bond motifs is 1. The van der Waals surface area contributed by atoms with Crippen LogP contribution >= 0.6 is 0 Å². The van der Waals surface area contributed by atoms with E-state index in [9.17, 15) is 5.11 Å². The predicted molar refractivity (Wildman–Crippen MR) is 81.6 cm³/mol. The van der Waals surface area contributed by atoms with E-state index in [0.29, 0.717) is 0 Å². The normalized spacial score (nSPS) is 14.2. The smallest absolute Gasteiger partial charge is 0.112 e. The number of hydrogen-bond acceptors (Lipinski definition) is 2. The number of rotatable bonds is 2. The van der Waals surface area contributed by atoms with Crippen LogP contribution in [0.3, 0.4) is 0 Å². The van der Waals surface area contributed by atoms with Gasteiger partial charge in [-0.05, 0) is 37.1 Å². The molecule has 0 bridgehead atoms. The van der Waals surface area contributed by atoms with Crippen LogP contribution < -0.4 is 0 Å². The quantitative estimate of drug-likeness (QED) is 0.763. The Hall–Kier alpha value is -2.19. The Labute approximate surface area is 118 Å². The number of benzene rings is 2. The van der Waals surface area contributed by atoms with Gasteiger partial charge in [-0.3, -0.25) is 4.98 Å². The zero-order valence-electron chi connectivity index (χ0n) is 11.7. The van der Waals surface area contributed by atoms with Crippen LogP contribution in [-0.4, -0.2) is 10.1 Å². The Kier molecular flexibility index (Phi) is 3.03. The Balaban J connectivity index is 2.23. The fourth-order valence-electron chi connectivity index (χ4n) is 2.63. The third-order valence-corrected chi connectivity index (χ3v) is 3.75. The Morgan fingerprint density at radius 3 is 2.60 bits per heavy atom. The summed E-state index contributed by atoms with van der Waals surface area (Å²) in [4.78, 5) is 4.36. The minimum Gasteiger partial charge on any atom is -0.381 e. The highest BCUT2D eigenvalue weighted by Crippen LogP contribution is 2.33. The van der Waals surface area contributed by atoms with Crippen LogP contribution in [0.4, 0.5) is 0 Å². The highest BCUT2D eigenvalue weighted by molar-refractivity contribution is 5.83. The lowest BCUT2D eigenvalue weighted by molar-refractivity contribution is 0.104. The van der Waals surface area contributed by atoms with Crippen LogP contribution in [-0.2, 0) is 5.60 Å². The van der Waals surface area contributed by atoms with Crippen molar-refractivity contribution in [3.8, 4) is 0 Å². The molecule has 2 nitrogen and oxygen atoms in total. The first-order valence-electron chi connectivity index (χ1n) is 6.73. The van der Waals surface area contributed by atoms with Gasteiger partial charge in [0.25, 0.3) is 0 Å². The number of aryl methyl sites for hydroxylation is 1. The van der Waals surface area contributed by atoms with E-state index in [0.717, 1.165) is 27.6 Å². The molecule has 1 heterocycles. The molecule has 0 fully saturated rings. The van der Waals surface area contributed by atoms with Gasteiger partial charge in [0.2, 0.25) is 0 Å². The van der Waals surface area contributed by atoms with Crippen molar-refractivity contribution in [1.82, 2.24) is 4.98 Å². The lowest BCUT2D eigenvalue weighted by atomic mass is 9.85. The van der Waals surface area contributed by atoms with Gasteiger partial charge in [0.05, 0.1) is 5.52 Å². The van der Waals surface area contributed by atoms with Gasteiger partial charge in [-0.1, -0.05) is 48.0 Å². The van der Waals surface area contributed by atoms with E-state index in [-0.39, 0.29) is 0 Å². The van der Waals surface area contributed by atoms with E-state index in [2.05, 4.69) is 4.98 Å². The molecule has 2 aromatic carbocycles. The van der Waals surface area contributed by atoms with E-state index in [1.54, 1.807) is 6.20 Å². The van der Waals surface area contributed by atoms with Crippen molar-refractivity contribution >= 4 is 10.9 Å². The summed E-state index contributed by atoms with van der Waals surface area (Å²) < 4.78 is 0. The average Bonchev–Trinajstić information content (AvgIpc) is 2.46. The largest absolute Gasteiger partial charge is 0.381 e. The van der Waals surface area contributed by atoms with Gasteiger partial charge in [-0.2, -0.15) is 0 Å². The van der Waals surface area contributed by atoms with Crippen LogP contribution in [0.25, 0.3) is 10.9 Å². The molecule has 0 aliphatic rings. The van der Waals surface area contributed by atoms with Gasteiger partial charge in [-0.25, -0.2) is 0 Å². The number of pyridine rings is 1. The first kappa shape index (κ1) is 12.8. The van der Waals surface area contributed by atoms with Gasteiger partial charge in [0.1, 0.15) is 5.60 Å². The monoisotopic (exact) mass is 263 g/mol. The lowest BCUT2D eigenvalue weighted by Gasteiger charge is -2.26. The van der Waals surface area contributed by atoms with E-state index in [1.165, 1.54) is 0 Å². The van der Waals surface area contributed by atoms with E-state index >= 15 is 0 Å². The second-order valence-corrected chi connectivity index (χ2v) is 5.32. The van der Waals surface area contributed by atoms with E-state index in [1.807, 2.05) is 68.4 Å². The summed E-state index contributed by atoms with van der Waals surface area (Å²) in [5, 5.41) is 12.0. The molecular weight excluding hydrogens is 246 g/mol. The summed E-state index contributed by atoms with van der Waals surface area (Å²) in [7, 11) is 0. The first-order valence-corrected chi connectivity index (χ1v) is 6.73. The van der Waals surface area contributed by atoms with Crippen LogP contribution in [0.1, 0.15) is 23.6 Å². The van der Waals surface area contributed by atoms with Gasteiger partial charge < -0.3 is 5.11 Å². The third kappa shape index (κ3) is 2.08. The second kappa shape index (κ2) is 4.73. The van der Waals surface area contributed by atoms with Gasteiger partial charge >= 0.3 is 0 Å². The van der Waals surface area contributed by atoms with Crippen LogP contribution in [0.5, 0.6) is 0 Å². The van der Waals surface area contributed by atoms with Crippen molar-refractivity contribution in [2.24, 2.45) is 0 Å². The molecule has 0 aliphatic carbocycles. The molecule has 1 unspecified atom stereocenters. The summed E-state index contributed by atoms with van der Waals surface area (Å²) in [5.74, 6) is 0. The summed E-state index contributed by atoms with van der Waals surface area (Å²) >= 11 is 0. The molecule has 3 aromatic rings. The maximum atomic E-state index is 11.1. The Morgan fingerprint density at radius 1 is 1.00 bits per heavy atom. The standard InChI is InChI=1S/C18H17NO/c1-13-6-3-7-14(12-13)18(2,20)16-9-4-10-17-15(16)8-5-11-19-17/h3-12,20H,1-2H3. The molecule has 0 aliphatic heterocycles. The topological polar surface area (TPSA) is 33.1 Å². The van der Waals surface area contributed by atoms with Crippen LogP contribution in [0, 0.1) is 6.92 Å². The van der Waals surface area contributed by atoms with Gasteiger partial charge in [0, 0.05) is 11.6 Å². The van der Waals surface area contributed by atoms with E-state index < -0.39 is 5.60 Å². The fraction of sp³-hybridized carbons (Fsp3) is 0.167. The molecule has 1 atom stereocenters. The molecule has 0 spiro atoms. The SMILES string of the molecule is Cc1cccc(C(C)(O)c2cccc3ncccc23)c1. The molecule has 0 saturated heterocycles. The van der Waals surface area contributed by atoms with Crippen LogP contribution in [0.15, 0.2) is 60.8 Å². The zero-order valence-corrected chi connectivity index (χ0v) is 11.7. The molecule has 0 amide bonds. The summed E-state index contributed by atoms with van der Waals surface area (Å²) in [6.07, 6.45) is 1.77. The van der Waals surface area contributed by atoms with Crippen molar-refractivity contribution in [3.63, 3.8) is 0 Å². The molecule has 100 valence electrons. The number of hydrogen-bond donors (Lipinski definition) is 1. The molecule has 1 N–H and O–H groups in total. The number of nitrogens with zero attached hydrogens (tertiary/aromatic N) is 1. The average molecular weight is 263 g/mol. The molecule has 0 radical (unpaired) electrons. The van der Waals surface area contributed by atoms with Crippen molar-refractivity contribution in [2.75, 3.05) is 0 Å². The molecule has 1 aromatic heterocycles. The highest BCUT2D eigenvalue weighted by atomic mass is 16.3. The molecular formula is C18H17NO. The Bertz CT molecular complexity index is 757. The number of aromatic nitrogens is 1. The molecule has 0 saturated carbocycles. The summed E-state index contributed by atoms with van der Waals surface area (Å²) in [5.41, 5.74) is 2.79. The summed E-state index contributed by atoms with van der Waals surface area (Å²) in [6.45, 7) is 3.87. The van der Waals surface area contributed by atoms with Gasteiger partial charge in [0.15, 0.2) is 0 Å². The second-order valence-electron chi connectivity index (χ2n) is 5.32. The molecule has 20 heavy (non-hydrogen) atoms. The van der Waals surface area contributed by atoms with E-state index in [4.69, 9.17) is 0 Å². The van der Waals surface area contributed by atoms with Crippen molar-refractivity contribution in [1.29, 1.82) is 0 Å². The van der Waals surface area contributed by atoms with Crippen molar-refractivity contribution in [2.45, 2.75) is 19.4 Å². The van der Waals surface area contributed by atoms with Gasteiger partial charge in [-0.15, -0.1) is 0 Å². The fourth-order valence-corrected chi connectivity index (χ4v) is 2.63. The maximum Gasteiger partial charge on any atom is 0.112 e. The Morgan fingerprint density at radius 2 is 1.80 bits per heavy atom. The van der Waals surface area contributed by atoms with Crippen molar-refractivity contribution in [3.05, 3.63) is 77.5 Å². The maximum absolute atomic E-state index is 11.1. The minimum absolute atomic E-state index is 0.883. The van der Waals surface area contributed by atoms with Crippen LogP contribution in [0.2, 0.25) is 0 Å². The zero-order chi connectivity index (χ0) is 14.2. The lowest BCUT2D eigenvalue weighted by Crippen LogP contribution is -2.23. The predicted octanol–water partition coefficient (Wildman–Crippen LogP) is 3.80. The van der Waals surface area contributed by atoms with Crippen molar-refractivity contribution < 1.29 is 5.11 Å². The molecule has 3 rings (SSSR count). The molecule has 2 heteroatoms.